The first-order valence-corrected chi connectivity index (χ1v) is 9.00. The van der Waals surface area contributed by atoms with Gasteiger partial charge in [-0.05, 0) is 69.4 Å². The zero-order valence-electron chi connectivity index (χ0n) is 10.9. The van der Waals surface area contributed by atoms with Crippen LogP contribution in [-0.2, 0) is 10.0 Å². The van der Waals surface area contributed by atoms with Gasteiger partial charge in [-0.2, -0.15) is 0 Å². The van der Waals surface area contributed by atoms with Crippen molar-refractivity contribution in [3.63, 3.8) is 0 Å². The molecule has 4 nitrogen and oxygen atoms in total. The van der Waals surface area contributed by atoms with Crippen LogP contribution in [0.5, 0.6) is 0 Å². The number of piperidine rings is 1. The van der Waals surface area contributed by atoms with Crippen LogP contribution in [-0.4, -0.2) is 33.3 Å². The van der Waals surface area contributed by atoms with E-state index >= 15 is 0 Å². The molecule has 0 unspecified atom stereocenters. The summed E-state index contributed by atoms with van der Waals surface area (Å²) in [6.45, 7) is 1.93. The minimum Gasteiger partial charge on any atom is -0.317 e. The van der Waals surface area contributed by atoms with Crippen molar-refractivity contribution in [3.8, 4) is 0 Å². The summed E-state index contributed by atoms with van der Waals surface area (Å²) in [5.41, 5.74) is 0. The third-order valence-corrected chi connectivity index (χ3v) is 6.03. The second-order valence-electron chi connectivity index (χ2n) is 6.29. The van der Waals surface area contributed by atoms with Crippen LogP contribution >= 0.6 is 0 Å². The van der Waals surface area contributed by atoms with Crippen molar-refractivity contribution in [1.29, 1.82) is 0 Å². The molecular weight excluding hydrogens is 248 g/mol. The van der Waals surface area contributed by atoms with Gasteiger partial charge in [0.1, 0.15) is 0 Å². The monoisotopic (exact) mass is 272 g/mol. The Morgan fingerprint density at radius 2 is 1.56 bits per heavy atom. The van der Waals surface area contributed by atoms with Crippen molar-refractivity contribution in [1.82, 2.24) is 10.0 Å². The average molecular weight is 272 g/mol. The van der Waals surface area contributed by atoms with E-state index in [2.05, 4.69) is 10.0 Å². The second kappa shape index (κ2) is 5.10. The van der Waals surface area contributed by atoms with Crippen molar-refractivity contribution in [2.75, 3.05) is 18.8 Å². The lowest BCUT2D eigenvalue weighted by molar-refractivity contribution is 0.396. The Balaban J connectivity index is 1.55. The lowest BCUT2D eigenvalue weighted by Crippen LogP contribution is -2.42. The van der Waals surface area contributed by atoms with Gasteiger partial charge >= 0.3 is 0 Å². The number of sulfonamides is 1. The zero-order valence-corrected chi connectivity index (χ0v) is 11.7. The van der Waals surface area contributed by atoms with E-state index in [-0.39, 0.29) is 6.04 Å². The van der Waals surface area contributed by atoms with Gasteiger partial charge in [0.25, 0.3) is 0 Å². The molecule has 104 valence electrons. The predicted molar refractivity (Wildman–Crippen MR) is 71.8 cm³/mol. The van der Waals surface area contributed by atoms with E-state index in [0.717, 1.165) is 25.9 Å². The average Bonchev–Trinajstić information content (AvgIpc) is 3.19. The topological polar surface area (TPSA) is 58.2 Å². The summed E-state index contributed by atoms with van der Waals surface area (Å²) < 4.78 is 27.5. The third-order valence-electron chi connectivity index (χ3n) is 4.49. The number of hydrogen-bond donors (Lipinski definition) is 2. The molecule has 0 amide bonds. The van der Waals surface area contributed by atoms with Crippen LogP contribution in [0.4, 0.5) is 0 Å². The van der Waals surface area contributed by atoms with Crippen LogP contribution in [0, 0.1) is 17.8 Å². The summed E-state index contributed by atoms with van der Waals surface area (Å²) in [6, 6.07) is 0.261. The highest BCUT2D eigenvalue weighted by Gasteiger charge is 2.43. The van der Waals surface area contributed by atoms with Crippen LogP contribution in [0.1, 0.15) is 38.5 Å². The third kappa shape index (κ3) is 3.45. The Bertz CT molecular complexity index is 370. The predicted octanol–water partition coefficient (Wildman–Crippen LogP) is 1.09. The van der Waals surface area contributed by atoms with Gasteiger partial charge in [0.05, 0.1) is 5.75 Å². The minimum atomic E-state index is -3.07. The molecule has 3 fully saturated rings. The molecule has 2 aliphatic carbocycles. The van der Waals surface area contributed by atoms with Gasteiger partial charge < -0.3 is 5.32 Å². The van der Waals surface area contributed by atoms with Crippen LogP contribution in [0.2, 0.25) is 0 Å². The first kappa shape index (κ1) is 12.9. The molecule has 5 heteroatoms. The molecule has 3 aliphatic rings. The largest absolute Gasteiger partial charge is 0.317 e. The van der Waals surface area contributed by atoms with Crippen LogP contribution < -0.4 is 10.0 Å². The maximum atomic E-state index is 12.2. The highest BCUT2D eigenvalue weighted by atomic mass is 32.2. The first-order chi connectivity index (χ1) is 8.64. The fourth-order valence-electron chi connectivity index (χ4n) is 3.10. The van der Waals surface area contributed by atoms with E-state index in [0.29, 0.717) is 23.5 Å². The summed E-state index contributed by atoms with van der Waals surface area (Å²) in [4.78, 5) is 0. The highest BCUT2D eigenvalue weighted by Crippen LogP contribution is 2.44. The van der Waals surface area contributed by atoms with Crippen molar-refractivity contribution >= 4 is 10.0 Å². The highest BCUT2D eigenvalue weighted by molar-refractivity contribution is 7.89. The van der Waals surface area contributed by atoms with E-state index in [1.165, 1.54) is 25.7 Å². The summed E-state index contributed by atoms with van der Waals surface area (Å²) in [7, 11) is -3.07. The van der Waals surface area contributed by atoms with Gasteiger partial charge in [-0.3, -0.25) is 0 Å². The molecule has 0 atom stereocenters. The van der Waals surface area contributed by atoms with Crippen LogP contribution in [0.15, 0.2) is 0 Å². The molecule has 2 N–H and O–H groups in total. The van der Waals surface area contributed by atoms with Gasteiger partial charge in [-0.1, -0.05) is 0 Å². The van der Waals surface area contributed by atoms with Gasteiger partial charge in [-0.15, -0.1) is 0 Å². The Kier molecular flexibility index (Phi) is 3.65. The van der Waals surface area contributed by atoms with E-state index in [1.807, 2.05) is 0 Å². The molecule has 0 radical (unpaired) electrons. The molecule has 0 aromatic carbocycles. The normalized spacial score (nSPS) is 26.7. The Morgan fingerprint density at radius 1 is 1.00 bits per heavy atom. The van der Waals surface area contributed by atoms with E-state index < -0.39 is 10.0 Å². The molecule has 1 saturated heterocycles. The van der Waals surface area contributed by atoms with Gasteiger partial charge in [0.2, 0.25) is 10.0 Å². The maximum absolute atomic E-state index is 12.2. The van der Waals surface area contributed by atoms with Gasteiger partial charge in [0, 0.05) is 6.04 Å². The number of nitrogens with one attached hydrogen (secondary N) is 2. The first-order valence-electron chi connectivity index (χ1n) is 7.35. The van der Waals surface area contributed by atoms with Crippen molar-refractivity contribution < 1.29 is 8.42 Å². The standard InChI is InChI=1S/C13H24N2O2S/c16-18(17,9-10-5-7-14-8-6-10)15-13(11-1-2-11)12-3-4-12/h10-15H,1-9H2. The molecule has 1 aliphatic heterocycles. The quantitative estimate of drug-likeness (QED) is 0.761. The number of hydrogen-bond acceptors (Lipinski definition) is 3. The fraction of sp³-hybridized carbons (Fsp3) is 1.00. The van der Waals surface area contributed by atoms with Crippen molar-refractivity contribution in [3.05, 3.63) is 0 Å². The summed E-state index contributed by atoms with van der Waals surface area (Å²) >= 11 is 0. The summed E-state index contributed by atoms with van der Waals surface area (Å²) in [6.07, 6.45) is 6.87. The van der Waals surface area contributed by atoms with Crippen LogP contribution in [0.3, 0.4) is 0 Å². The zero-order chi connectivity index (χ0) is 12.6. The molecule has 1 heterocycles. The SMILES string of the molecule is O=S(=O)(CC1CCNCC1)NC(C1CC1)C1CC1. The molecule has 3 rings (SSSR count). The molecule has 0 aromatic rings. The van der Waals surface area contributed by atoms with E-state index in [9.17, 15) is 8.42 Å². The van der Waals surface area contributed by atoms with Gasteiger partial charge in [0.15, 0.2) is 0 Å². The molecule has 2 saturated carbocycles. The fourth-order valence-corrected chi connectivity index (χ4v) is 4.95. The minimum absolute atomic E-state index is 0.261. The molecule has 0 bridgehead atoms. The molecule has 18 heavy (non-hydrogen) atoms. The van der Waals surface area contributed by atoms with E-state index in [4.69, 9.17) is 0 Å². The van der Waals surface area contributed by atoms with Crippen molar-refractivity contribution in [2.24, 2.45) is 17.8 Å². The lowest BCUT2D eigenvalue weighted by Gasteiger charge is -2.24. The molecule has 0 spiro atoms. The Labute approximate surface area is 110 Å². The number of rotatable bonds is 6. The van der Waals surface area contributed by atoms with E-state index in [1.54, 1.807) is 0 Å². The summed E-state index contributed by atoms with van der Waals surface area (Å²) in [5.74, 6) is 1.97. The van der Waals surface area contributed by atoms with Crippen LogP contribution in [0.25, 0.3) is 0 Å². The summed E-state index contributed by atoms with van der Waals surface area (Å²) in [5, 5.41) is 3.28. The molecule has 0 aromatic heterocycles. The van der Waals surface area contributed by atoms with Crippen molar-refractivity contribution in [2.45, 2.75) is 44.6 Å². The molecular formula is C13H24N2O2S. The van der Waals surface area contributed by atoms with Gasteiger partial charge in [-0.25, -0.2) is 13.1 Å². The maximum Gasteiger partial charge on any atom is 0.212 e. The Hall–Kier alpha value is -0.130. The Morgan fingerprint density at radius 3 is 2.06 bits per heavy atom. The smallest absolute Gasteiger partial charge is 0.212 e. The lowest BCUT2D eigenvalue weighted by atomic mass is 10.0. The second-order valence-corrected chi connectivity index (χ2v) is 8.09.